The first-order chi connectivity index (χ1) is 12.1. The Kier molecular flexibility index (Phi) is 3.85. The largest absolute Gasteiger partial charge is 0.366 e. The van der Waals surface area contributed by atoms with Crippen molar-refractivity contribution in [2.45, 2.75) is 13.5 Å². The first-order valence-corrected chi connectivity index (χ1v) is 8.82. The lowest BCUT2D eigenvalue weighted by molar-refractivity contribution is 0.100. The Morgan fingerprint density at radius 1 is 1.16 bits per heavy atom. The van der Waals surface area contributed by atoms with Crippen LogP contribution in [0.25, 0.3) is 21.8 Å². The zero-order valence-corrected chi connectivity index (χ0v) is 15.3. The molecule has 0 aliphatic rings. The topological polar surface area (TPSA) is 48.0 Å². The number of benzene rings is 3. The van der Waals surface area contributed by atoms with Gasteiger partial charge in [0.25, 0.3) is 0 Å². The molecule has 4 rings (SSSR count). The van der Waals surface area contributed by atoms with Gasteiger partial charge in [-0.25, -0.2) is 0 Å². The quantitative estimate of drug-likeness (QED) is 0.534. The molecular weight excluding hydrogens is 376 g/mol. The van der Waals surface area contributed by atoms with E-state index in [2.05, 4.69) is 38.7 Å². The third-order valence-corrected chi connectivity index (χ3v) is 5.26. The minimum absolute atomic E-state index is 0.417. The Bertz CT molecular complexity index is 1130. The van der Waals surface area contributed by atoms with Crippen molar-refractivity contribution < 1.29 is 4.79 Å². The molecule has 1 radical (unpaired) electrons. The zero-order valence-electron chi connectivity index (χ0n) is 13.7. The Balaban J connectivity index is 2.08. The van der Waals surface area contributed by atoms with Crippen LogP contribution < -0.4 is 5.73 Å². The van der Waals surface area contributed by atoms with Gasteiger partial charge in [0.1, 0.15) is 0 Å². The molecule has 2 N–H and O–H groups in total. The fourth-order valence-electron chi connectivity index (χ4n) is 3.33. The van der Waals surface area contributed by atoms with Crippen molar-refractivity contribution in [1.29, 1.82) is 0 Å². The van der Waals surface area contributed by atoms with E-state index >= 15 is 0 Å². The highest BCUT2D eigenvalue weighted by Crippen LogP contribution is 2.33. The fourth-order valence-corrected chi connectivity index (χ4v) is 3.74. The van der Waals surface area contributed by atoms with Crippen molar-refractivity contribution in [3.63, 3.8) is 0 Å². The molecule has 3 aromatic carbocycles. The summed E-state index contributed by atoms with van der Waals surface area (Å²) in [5.74, 6) is -0.417. The van der Waals surface area contributed by atoms with Gasteiger partial charge in [0.15, 0.2) is 0 Å². The molecule has 0 fully saturated rings. The van der Waals surface area contributed by atoms with E-state index < -0.39 is 5.91 Å². The van der Waals surface area contributed by atoms with Crippen LogP contribution in [0, 0.1) is 13.0 Å². The van der Waals surface area contributed by atoms with Crippen LogP contribution >= 0.6 is 15.9 Å². The molecule has 0 saturated heterocycles. The molecule has 0 aliphatic heterocycles. The summed E-state index contributed by atoms with van der Waals surface area (Å²) in [6.07, 6.45) is 0. The lowest BCUT2D eigenvalue weighted by Gasteiger charge is -2.10. The van der Waals surface area contributed by atoms with Gasteiger partial charge < -0.3 is 10.3 Å². The number of nitrogens with two attached hydrogens (primary N) is 1. The molecule has 4 aromatic rings. The van der Waals surface area contributed by atoms with Gasteiger partial charge in [-0.05, 0) is 48.4 Å². The number of halogens is 1. The number of rotatable bonds is 3. The molecule has 0 saturated carbocycles. The molecule has 3 nitrogen and oxygen atoms in total. The number of aryl methyl sites for hydroxylation is 1. The maximum absolute atomic E-state index is 11.9. The summed E-state index contributed by atoms with van der Waals surface area (Å²) in [6.45, 7) is 2.74. The molecule has 25 heavy (non-hydrogen) atoms. The smallest absolute Gasteiger partial charge is 0.249 e. The highest BCUT2D eigenvalue weighted by atomic mass is 79.9. The first kappa shape index (κ1) is 15.9. The average Bonchev–Trinajstić information content (AvgIpc) is 2.90. The highest BCUT2D eigenvalue weighted by Gasteiger charge is 2.17. The van der Waals surface area contributed by atoms with Gasteiger partial charge in [-0.2, -0.15) is 0 Å². The van der Waals surface area contributed by atoms with Crippen molar-refractivity contribution in [3.05, 3.63) is 81.8 Å². The zero-order chi connectivity index (χ0) is 17.6. The Morgan fingerprint density at radius 3 is 2.72 bits per heavy atom. The third kappa shape index (κ3) is 2.63. The summed E-state index contributed by atoms with van der Waals surface area (Å²) in [5.41, 5.74) is 10.5. The summed E-state index contributed by atoms with van der Waals surface area (Å²) in [5, 5.41) is 1.80. The van der Waals surface area contributed by atoms with Crippen LogP contribution in [0.3, 0.4) is 0 Å². The lowest BCUT2D eigenvalue weighted by Crippen LogP contribution is -2.11. The predicted octanol–water partition coefficient (Wildman–Crippen LogP) is 4.81. The summed E-state index contributed by atoms with van der Waals surface area (Å²) in [6, 6.07) is 21.3. The van der Waals surface area contributed by atoms with E-state index in [1.54, 1.807) is 6.07 Å². The van der Waals surface area contributed by atoms with Crippen molar-refractivity contribution in [1.82, 2.24) is 4.57 Å². The number of nitrogens with zero attached hydrogens (tertiary/aromatic N) is 1. The van der Waals surface area contributed by atoms with Crippen molar-refractivity contribution in [2.24, 2.45) is 5.73 Å². The van der Waals surface area contributed by atoms with E-state index in [0.29, 0.717) is 12.1 Å². The number of aromatic nitrogens is 1. The van der Waals surface area contributed by atoms with Gasteiger partial charge in [0, 0.05) is 27.4 Å². The minimum Gasteiger partial charge on any atom is -0.366 e. The number of carbonyl (C=O) groups excluding carboxylic acids is 1. The molecule has 0 unspecified atom stereocenters. The van der Waals surface area contributed by atoms with Gasteiger partial charge in [-0.15, -0.1) is 0 Å². The number of hydrogen-bond acceptors (Lipinski definition) is 1. The lowest BCUT2D eigenvalue weighted by atomic mass is 10.1. The number of amides is 1. The maximum atomic E-state index is 11.9. The number of fused-ring (bicyclic) bond motifs is 3. The minimum atomic E-state index is -0.417. The number of hydrogen-bond donors (Lipinski definition) is 1. The molecule has 0 aliphatic carbocycles. The van der Waals surface area contributed by atoms with Gasteiger partial charge in [-0.1, -0.05) is 46.3 Å². The molecule has 1 heterocycles. The fraction of sp³-hybridized carbons (Fsp3) is 0.0952. The van der Waals surface area contributed by atoms with Gasteiger partial charge >= 0.3 is 0 Å². The summed E-state index contributed by atoms with van der Waals surface area (Å²) >= 11 is 3.63. The van der Waals surface area contributed by atoms with E-state index in [1.807, 2.05) is 43.3 Å². The Morgan fingerprint density at radius 2 is 1.96 bits per heavy atom. The van der Waals surface area contributed by atoms with Crippen LogP contribution in [0.5, 0.6) is 0 Å². The van der Waals surface area contributed by atoms with Crippen LogP contribution in [0.15, 0.2) is 59.1 Å². The van der Waals surface area contributed by atoms with E-state index in [1.165, 1.54) is 5.56 Å². The molecule has 4 heteroatoms. The van der Waals surface area contributed by atoms with Crippen LogP contribution in [0.4, 0.5) is 0 Å². The van der Waals surface area contributed by atoms with Gasteiger partial charge in [-0.3, -0.25) is 4.79 Å². The van der Waals surface area contributed by atoms with Crippen LogP contribution in [0.1, 0.15) is 21.5 Å². The first-order valence-electron chi connectivity index (χ1n) is 8.02. The second-order valence-corrected chi connectivity index (χ2v) is 7.03. The maximum Gasteiger partial charge on any atom is 0.249 e. The average molecular weight is 392 g/mol. The van der Waals surface area contributed by atoms with E-state index in [9.17, 15) is 4.79 Å². The molecule has 1 aromatic heterocycles. The highest BCUT2D eigenvalue weighted by molar-refractivity contribution is 9.10. The molecule has 123 valence electrons. The van der Waals surface area contributed by atoms with Crippen molar-refractivity contribution in [2.75, 3.05) is 0 Å². The molecular formula is C21H16BrN2O. The molecule has 0 bridgehead atoms. The van der Waals surface area contributed by atoms with Crippen molar-refractivity contribution >= 4 is 43.6 Å². The van der Waals surface area contributed by atoms with Crippen LogP contribution in [0.2, 0.25) is 0 Å². The summed E-state index contributed by atoms with van der Waals surface area (Å²) < 4.78 is 3.29. The van der Waals surface area contributed by atoms with E-state index in [0.717, 1.165) is 31.8 Å². The molecule has 0 spiro atoms. The standard InChI is InChI=1S/C21H16BrN2O/c1-13-9-10-15-19(11-13)24(12-14-5-2-3-7-17(14)22)18-8-4-6-16(20(15)18)21(23)25/h2-9,11H,12H2,1H3,(H2,23,25). The monoisotopic (exact) mass is 391 g/mol. The molecule has 0 atom stereocenters. The number of primary amides is 1. The predicted molar refractivity (Wildman–Crippen MR) is 105 cm³/mol. The Labute approximate surface area is 154 Å². The summed E-state index contributed by atoms with van der Waals surface area (Å²) in [4.78, 5) is 11.9. The SMILES string of the molecule is Cc1c[c]c2c3c(C(N)=O)cccc3n(Cc3ccccc3Br)c2c1. The van der Waals surface area contributed by atoms with E-state index in [4.69, 9.17) is 5.73 Å². The second-order valence-electron chi connectivity index (χ2n) is 6.18. The van der Waals surface area contributed by atoms with E-state index in [-0.39, 0.29) is 0 Å². The van der Waals surface area contributed by atoms with Crippen LogP contribution in [-0.2, 0) is 6.54 Å². The third-order valence-electron chi connectivity index (χ3n) is 4.49. The number of carbonyl (C=O) groups is 1. The van der Waals surface area contributed by atoms with Gasteiger partial charge in [0.05, 0.1) is 11.0 Å². The molecule has 1 amide bonds. The normalized spacial score (nSPS) is 11.3. The van der Waals surface area contributed by atoms with Gasteiger partial charge in [0.2, 0.25) is 5.91 Å². The Hall–Kier alpha value is -2.59. The van der Waals surface area contributed by atoms with Crippen LogP contribution in [-0.4, -0.2) is 10.5 Å². The van der Waals surface area contributed by atoms with Crippen molar-refractivity contribution in [3.8, 4) is 0 Å². The summed E-state index contributed by atoms with van der Waals surface area (Å²) in [7, 11) is 0. The second kappa shape index (κ2) is 6.05.